The fourth-order valence-corrected chi connectivity index (χ4v) is 7.84. The molecule has 0 saturated heterocycles. The Bertz CT molecular complexity index is 1120. The topological polar surface area (TPSA) is 268 Å². The molecule has 2 atom stereocenters. The summed E-state index contributed by atoms with van der Waals surface area (Å²) < 4.78 is 30.8. The Morgan fingerprint density at radius 3 is 1.60 bits per heavy atom. The number of thioether (sulfide) groups is 2. The molecule has 9 N–H and O–H groups in total. The number of hydrogen-bond acceptors (Lipinski definition) is 13. The van der Waals surface area contributed by atoms with Crippen molar-refractivity contribution in [3.63, 3.8) is 0 Å². The minimum absolute atomic E-state index is 0. The van der Waals surface area contributed by atoms with Crippen molar-refractivity contribution < 1.29 is 57.2 Å². The van der Waals surface area contributed by atoms with Crippen LogP contribution in [-0.4, -0.2) is 134 Å². The third kappa shape index (κ3) is 44.3. The molecule has 5 amide bonds. The van der Waals surface area contributed by atoms with Gasteiger partial charge in [0, 0.05) is 59.2 Å². The van der Waals surface area contributed by atoms with E-state index in [1.807, 2.05) is 13.8 Å². The van der Waals surface area contributed by atoms with Gasteiger partial charge in [0.1, 0.15) is 6.61 Å². The van der Waals surface area contributed by atoms with Crippen molar-refractivity contribution in [2.24, 2.45) is 5.50 Å². The molecule has 0 aromatic rings. The summed E-state index contributed by atoms with van der Waals surface area (Å²) in [5.41, 5.74) is 5.10. The maximum Gasteiger partial charge on any atom is 0.476 e. The number of nitrogens with zero attached hydrogens (tertiary/aromatic N) is 1. The SMILES string of the molecule is CC.CCCCCCSCC(=O)NCCCCCC(=O)NCCN(CCNC(=O)CCCCCNC(=O)CSCCCCCCOP(=O)(O)OPN)C(=O)OCCOC.O. The summed E-state index contributed by atoms with van der Waals surface area (Å²) >= 11 is 3.23. The lowest BCUT2D eigenvalue weighted by Crippen LogP contribution is -2.43. The molecule has 0 radical (unpaired) electrons. The molecule has 18 nitrogen and oxygen atoms in total. The molecule has 0 aliphatic rings. The molecule has 356 valence electrons. The van der Waals surface area contributed by atoms with Crippen LogP contribution in [0.25, 0.3) is 0 Å². The Kier molecular flexibility index (Phi) is 48.8. The highest BCUT2D eigenvalue weighted by Crippen LogP contribution is 2.47. The van der Waals surface area contributed by atoms with Gasteiger partial charge in [-0.3, -0.25) is 33.5 Å². The molecule has 22 heteroatoms. The first kappa shape index (κ1) is 62.6. The van der Waals surface area contributed by atoms with Gasteiger partial charge < -0.3 is 46.0 Å². The van der Waals surface area contributed by atoms with Crippen LogP contribution in [0.4, 0.5) is 4.79 Å². The quantitative estimate of drug-likeness (QED) is 0.0346. The molecule has 0 fully saturated rings. The molecule has 0 saturated carbocycles. The van der Waals surface area contributed by atoms with Gasteiger partial charge in [-0.05, 0) is 56.5 Å². The van der Waals surface area contributed by atoms with Gasteiger partial charge in [-0.25, -0.2) is 9.36 Å². The smallest absolute Gasteiger partial charge is 0.447 e. The van der Waals surface area contributed by atoms with E-state index in [1.54, 1.807) is 23.5 Å². The van der Waals surface area contributed by atoms with E-state index in [1.165, 1.54) is 31.3 Å². The van der Waals surface area contributed by atoms with Crippen LogP contribution in [0.15, 0.2) is 0 Å². The number of carbonyl (C=O) groups is 5. The van der Waals surface area contributed by atoms with Crippen molar-refractivity contribution in [3.8, 4) is 0 Å². The molecule has 0 spiro atoms. The van der Waals surface area contributed by atoms with Crippen LogP contribution >= 0.6 is 40.3 Å². The third-order valence-electron chi connectivity index (χ3n) is 8.20. The van der Waals surface area contributed by atoms with Gasteiger partial charge in [0.25, 0.3) is 0 Å². The molecule has 0 aromatic heterocycles. The highest BCUT2D eigenvalue weighted by atomic mass is 32.2. The average molecular weight is 939 g/mol. The maximum absolute atomic E-state index is 12.6. The number of unbranched alkanes of at least 4 members (excludes halogenated alkanes) is 10. The second-order valence-corrected chi connectivity index (χ2v) is 17.6. The summed E-state index contributed by atoms with van der Waals surface area (Å²) in [6.45, 7) is 8.72. The Labute approximate surface area is 370 Å². The van der Waals surface area contributed by atoms with E-state index in [2.05, 4.69) is 32.5 Å². The number of methoxy groups -OCH3 is 1. The lowest BCUT2D eigenvalue weighted by Gasteiger charge is -2.22. The number of hydrogen-bond donors (Lipinski definition) is 6. The number of rotatable bonds is 40. The number of amides is 5. The molecular formula is C38H80N6O12P2S2. The Balaban J connectivity index is -0.0000106. The van der Waals surface area contributed by atoms with Crippen LogP contribution in [0.1, 0.15) is 124 Å². The van der Waals surface area contributed by atoms with E-state index < -0.39 is 22.9 Å². The van der Waals surface area contributed by atoms with Crippen LogP contribution < -0.4 is 26.8 Å². The second-order valence-electron chi connectivity index (χ2n) is 13.2. The Morgan fingerprint density at radius 1 is 0.650 bits per heavy atom. The van der Waals surface area contributed by atoms with Crippen molar-refractivity contribution in [2.75, 3.05) is 89.2 Å². The number of phosphoric ester groups is 1. The molecule has 0 rings (SSSR count). The van der Waals surface area contributed by atoms with Crippen LogP contribution in [0.3, 0.4) is 0 Å². The van der Waals surface area contributed by atoms with Crippen molar-refractivity contribution in [1.82, 2.24) is 26.2 Å². The minimum Gasteiger partial charge on any atom is -0.447 e. The average Bonchev–Trinajstić information content (AvgIpc) is 3.21. The highest BCUT2D eigenvalue weighted by molar-refractivity contribution is 8.00. The fraction of sp³-hybridized carbons (Fsp3) is 0.868. The number of carbonyl (C=O) groups excluding carboxylic acids is 5. The molecule has 0 heterocycles. The Morgan fingerprint density at radius 2 is 1.12 bits per heavy atom. The monoisotopic (exact) mass is 938 g/mol. The van der Waals surface area contributed by atoms with Gasteiger partial charge in [0.05, 0.1) is 33.7 Å². The number of phosphoric acid groups is 1. The van der Waals surface area contributed by atoms with Gasteiger partial charge in [0.15, 0.2) is 0 Å². The summed E-state index contributed by atoms with van der Waals surface area (Å²) in [6, 6.07) is 0. The summed E-state index contributed by atoms with van der Waals surface area (Å²) in [5, 5.41) is 11.5. The second kappa shape index (κ2) is 46.8. The van der Waals surface area contributed by atoms with E-state index in [4.69, 9.17) is 19.5 Å². The summed E-state index contributed by atoms with van der Waals surface area (Å²) in [5.74, 6) is 2.51. The first-order chi connectivity index (χ1) is 28.5. The van der Waals surface area contributed by atoms with Gasteiger partial charge in [-0.1, -0.05) is 65.7 Å². The van der Waals surface area contributed by atoms with Crippen LogP contribution in [0.2, 0.25) is 0 Å². The third-order valence-corrected chi connectivity index (χ3v) is 12.1. The largest absolute Gasteiger partial charge is 0.476 e. The molecule has 60 heavy (non-hydrogen) atoms. The predicted octanol–water partition coefficient (Wildman–Crippen LogP) is 5.07. The van der Waals surface area contributed by atoms with E-state index in [-0.39, 0.29) is 75.1 Å². The van der Waals surface area contributed by atoms with Gasteiger partial charge in [-0.15, -0.1) is 0 Å². The molecule has 0 aliphatic heterocycles. The summed E-state index contributed by atoms with van der Waals surface area (Å²) in [4.78, 5) is 72.1. The van der Waals surface area contributed by atoms with Crippen LogP contribution in [0, 0.1) is 0 Å². The van der Waals surface area contributed by atoms with E-state index >= 15 is 0 Å². The molecular weight excluding hydrogens is 859 g/mol. The van der Waals surface area contributed by atoms with E-state index in [0.29, 0.717) is 56.7 Å². The zero-order chi connectivity index (χ0) is 44.2. The normalized spacial score (nSPS) is 11.8. The summed E-state index contributed by atoms with van der Waals surface area (Å²) in [7, 11) is -3.12. The molecule has 0 aromatic carbocycles. The van der Waals surface area contributed by atoms with Crippen LogP contribution in [-0.2, 0) is 42.1 Å². The predicted molar refractivity (Wildman–Crippen MR) is 245 cm³/mol. The maximum atomic E-state index is 12.6. The van der Waals surface area contributed by atoms with Gasteiger partial charge in [0.2, 0.25) is 23.6 Å². The zero-order valence-corrected chi connectivity index (χ0v) is 40.4. The Hall–Kier alpha value is -1.73. The molecule has 0 bridgehead atoms. The summed E-state index contributed by atoms with van der Waals surface area (Å²) in [6.07, 6.45) is 12.8. The molecule has 2 unspecified atom stereocenters. The van der Waals surface area contributed by atoms with Crippen molar-refractivity contribution >= 4 is 70.0 Å². The standard InChI is InChI=1S/C36H72N6O11P2S2.C2H6.H2O/c1-3-4-5-15-28-56-30-34(45)38-19-12-8-10-17-32(43)40-21-23-42(36(47)51-27-26-50-2)24-22-41-33(44)18-11-9-13-20-39-35(46)31-57-29-16-7-6-14-25-52-55(48,49)53-54-37;1-2;/h54H,3-31,37H2,1-2H3,(H,38,45)(H,39,46)(H,40,43)(H,41,44)(H,48,49);1-2H3;1H2. The van der Waals surface area contributed by atoms with Crippen molar-refractivity contribution in [1.29, 1.82) is 0 Å². The van der Waals surface area contributed by atoms with Gasteiger partial charge >= 0.3 is 13.9 Å². The van der Waals surface area contributed by atoms with Crippen LogP contribution in [0.5, 0.6) is 0 Å². The molecule has 0 aliphatic carbocycles. The van der Waals surface area contributed by atoms with Crippen molar-refractivity contribution in [3.05, 3.63) is 0 Å². The first-order valence-corrected chi connectivity index (χ1v) is 26.1. The van der Waals surface area contributed by atoms with E-state index in [0.717, 1.165) is 62.9 Å². The fourth-order valence-electron chi connectivity index (χ4n) is 5.06. The lowest BCUT2D eigenvalue weighted by molar-refractivity contribution is -0.121. The number of ether oxygens (including phenoxy) is 2. The minimum atomic E-state index is -4.03. The number of nitrogens with two attached hydrogens (primary N) is 1. The zero-order valence-electron chi connectivity index (χ0n) is 36.8. The first-order valence-electron chi connectivity index (χ1n) is 21.3. The highest BCUT2D eigenvalue weighted by Gasteiger charge is 2.19. The van der Waals surface area contributed by atoms with Crippen molar-refractivity contribution in [2.45, 2.75) is 124 Å². The van der Waals surface area contributed by atoms with E-state index in [9.17, 15) is 33.4 Å². The lowest BCUT2D eigenvalue weighted by atomic mass is 10.2. The number of nitrogens with one attached hydrogen (secondary N) is 4. The van der Waals surface area contributed by atoms with Gasteiger partial charge in [-0.2, -0.15) is 23.5 Å².